The van der Waals surface area contributed by atoms with E-state index in [0.29, 0.717) is 26.2 Å². The molecule has 1 heterocycles. The van der Waals surface area contributed by atoms with Gasteiger partial charge in [0.15, 0.2) is 0 Å². The summed E-state index contributed by atoms with van der Waals surface area (Å²) in [6.07, 6.45) is 1.34. The summed E-state index contributed by atoms with van der Waals surface area (Å²) < 4.78 is 0. The van der Waals surface area contributed by atoms with Crippen LogP contribution in [-0.4, -0.2) is 54.3 Å². The van der Waals surface area contributed by atoms with Gasteiger partial charge in [0.25, 0.3) is 0 Å². The Balaban J connectivity index is 1.70. The Bertz CT molecular complexity index is 494. The van der Waals surface area contributed by atoms with Gasteiger partial charge < -0.3 is 10.2 Å². The zero-order chi connectivity index (χ0) is 15.1. The van der Waals surface area contributed by atoms with Gasteiger partial charge in [0.2, 0.25) is 11.8 Å². The number of carbonyl (C=O) groups is 2. The zero-order valence-corrected chi connectivity index (χ0v) is 12.1. The SMILES string of the molecule is C=CC(=O)N1CCN(CC(=O)NCc2ccccc2)CC1. The van der Waals surface area contributed by atoms with Crippen LogP contribution < -0.4 is 5.32 Å². The molecule has 2 rings (SSSR count). The minimum atomic E-state index is -0.0387. The Labute approximate surface area is 125 Å². The quantitative estimate of drug-likeness (QED) is 0.808. The van der Waals surface area contributed by atoms with E-state index in [1.54, 1.807) is 4.90 Å². The number of piperazine rings is 1. The van der Waals surface area contributed by atoms with Crippen LogP contribution in [0.1, 0.15) is 5.56 Å². The van der Waals surface area contributed by atoms with E-state index in [1.165, 1.54) is 6.08 Å². The fraction of sp³-hybridized carbons (Fsp3) is 0.375. The smallest absolute Gasteiger partial charge is 0.246 e. The predicted octanol–water partition coefficient (Wildman–Crippen LogP) is 0.633. The van der Waals surface area contributed by atoms with Crippen LogP contribution in [0.2, 0.25) is 0 Å². The van der Waals surface area contributed by atoms with Gasteiger partial charge in [-0.3, -0.25) is 14.5 Å². The summed E-state index contributed by atoms with van der Waals surface area (Å²) in [5.41, 5.74) is 1.09. The molecule has 0 atom stereocenters. The lowest BCUT2D eigenvalue weighted by Gasteiger charge is -2.33. The van der Waals surface area contributed by atoms with Crippen LogP contribution in [0.3, 0.4) is 0 Å². The van der Waals surface area contributed by atoms with E-state index >= 15 is 0 Å². The van der Waals surface area contributed by atoms with E-state index in [4.69, 9.17) is 0 Å². The van der Waals surface area contributed by atoms with E-state index < -0.39 is 0 Å². The highest BCUT2D eigenvalue weighted by molar-refractivity contribution is 5.87. The third kappa shape index (κ3) is 4.72. The summed E-state index contributed by atoms with van der Waals surface area (Å²) in [6.45, 7) is 7.16. The molecule has 0 radical (unpaired) electrons. The fourth-order valence-electron chi connectivity index (χ4n) is 2.31. The molecule has 1 saturated heterocycles. The average Bonchev–Trinajstić information content (AvgIpc) is 2.54. The van der Waals surface area contributed by atoms with Gasteiger partial charge in [-0.25, -0.2) is 0 Å². The van der Waals surface area contributed by atoms with E-state index in [9.17, 15) is 9.59 Å². The zero-order valence-electron chi connectivity index (χ0n) is 12.1. The molecule has 0 spiro atoms. The number of carbonyl (C=O) groups excluding carboxylic acids is 2. The van der Waals surface area contributed by atoms with Crippen molar-refractivity contribution >= 4 is 11.8 Å². The molecular weight excluding hydrogens is 266 g/mol. The van der Waals surface area contributed by atoms with Crippen molar-refractivity contribution in [1.29, 1.82) is 0 Å². The molecule has 0 bridgehead atoms. The molecule has 1 aromatic carbocycles. The molecule has 1 aromatic rings. The molecule has 0 aromatic heterocycles. The molecule has 112 valence electrons. The summed E-state index contributed by atoms with van der Waals surface area (Å²) in [6, 6.07) is 9.84. The normalized spacial score (nSPS) is 15.5. The number of hydrogen-bond acceptors (Lipinski definition) is 3. The molecule has 5 nitrogen and oxygen atoms in total. The van der Waals surface area contributed by atoms with Crippen LogP contribution in [0.4, 0.5) is 0 Å². The third-order valence-corrected chi connectivity index (χ3v) is 3.56. The van der Waals surface area contributed by atoms with Crippen molar-refractivity contribution < 1.29 is 9.59 Å². The maximum Gasteiger partial charge on any atom is 0.246 e. The Morgan fingerprint density at radius 1 is 1.14 bits per heavy atom. The monoisotopic (exact) mass is 287 g/mol. The number of rotatable bonds is 5. The van der Waals surface area contributed by atoms with E-state index in [-0.39, 0.29) is 11.8 Å². The van der Waals surface area contributed by atoms with Crippen LogP contribution in [0, 0.1) is 0 Å². The maximum absolute atomic E-state index is 11.9. The van der Waals surface area contributed by atoms with Crippen molar-refractivity contribution in [3.8, 4) is 0 Å². The van der Waals surface area contributed by atoms with Gasteiger partial charge in [0.05, 0.1) is 6.54 Å². The Kier molecular flexibility index (Phi) is 5.51. The third-order valence-electron chi connectivity index (χ3n) is 3.56. The molecule has 1 N–H and O–H groups in total. The first-order valence-electron chi connectivity index (χ1n) is 7.13. The van der Waals surface area contributed by atoms with Crippen molar-refractivity contribution in [3.05, 3.63) is 48.6 Å². The van der Waals surface area contributed by atoms with Crippen LogP contribution >= 0.6 is 0 Å². The molecule has 0 saturated carbocycles. The number of amides is 2. The van der Waals surface area contributed by atoms with Crippen LogP contribution in [0.5, 0.6) is 0 Å². The van der Waals surface area contributed by atoms with Crippen LogP contribution in [0.15, 0.2) is 43.0 Å². The second kappa shape index (κ2) is 7.59. The number of nitrogens with one attached hydrogen (secondary N) is 1. The number of benzene rings is 1. The molecular formula is C16H21N3O2. The first kappa shape index (κ1) is 15.3. The largest absolute Gasteiger partial charge is 0.351 e. The van der Waals surface area contributed by atoms with Gasteiger partial charge in [-0.2, -0.15) is 0 Å². The van der Waals surface area contributed by atoms with Crippen LogP contribution in [-0.2, 0) is 16.1 Å². The van der Waals surface area contributed by atoms with Crippen molar-refractivity contribution in [3.63, 3.8) is 0 Å². The Morgan fingerprint density at radius 2 is 1.81 bits per heavy atom. The maximum atomic E-state index is 11.9. The predicted molar refractivity (Wildman–Crippen MR) is 81.5 cm³/mol. The highest BCUT2D eigenvalue weighted by atomic mass is 16.2. The molecule has 21 heavy (non-hydrogen) atoms. The van der Waals surface area contributed by atoms with Gasteiger partial charge >= 0.3 is 0 Å². The van der Waals surface area contributed by atoms with Crippen molar-refractivity contribution in [1.82, 2.24) is 15.1 Å². The molecule has 1 fully saturated rings. The fourth-order valence-corrected chi connectivity index (χ4v) is 2.31. The first-order valence-corrected chi connectivity index (χ1v) is 7.13. The minimum Gasteiger partial charge on any atom is -0.351 e. The van der Waals surface area contributed by atoms with Gasteiger partial charge in [-0.15, -0.1) is 0 Å². The second-order valence-electron chi connectivity index (χ2n) is 5.07. The van der Waals surface area contributed by atoms with Crippen molar-refractivity contribution in [2.75, 3.05) is 32.7 Å². The summed E-state index contributed by atoms with van der Waals surface area (Å²) in [7, 11) is 0. The second-order valence-corrected chi connectivity index (χ2v) is 5.07. The molecule has 0 unspecified atom stereocenters. The summed E-state index contributed by atoms with van der Waals surface area (Å²) in [5, 5.41) is 2.91. The van der Waals surface area contributed by atoms with Crippen molar-refractivity contribution in [2.45, 2.75) is 6.54 Å². The molecule has 1 aliphatic heterocycles. The van der Waals surface area contributed by atoms with E-state index in [0.717, 1.165) is 18.7 Å². The Hall–Kier alpha value is -2.14. The van der Waals surface area contributed by atoms with Gasteiger partial charge in [0, 0.05) is 32.7 Å². The molecule has 2 amide bonds. The van der Waals surface area contributed by atoms with Gasteiger partial charge in [-0.1, -0.05) is 36.9 Å². The topological polar surface area (TPSA) is 52.7 Å². The Morgan fingerprint density at radius 3 is 2.43 bits per heavy atom. The molecule has 0 aliphatic carbocycles. The summed E-state index contributed by atoms with van der Waals surface area (Å²) in [4.78, 5) is 27.2. The molecule has 1 aliphatic rings. The van der Waals surface area contributed by atoms with Crippen LogP contribution in [0.25, 0.3) is 0 Å². The standard InChI is InChI=1S/C16H21N3O2/c1-2-16(21)19-10-8-18(9-11-19)13-15(20)17-12-14-6-4-3-5-7-14/h2-7H,1,8-13H2,(H,17,20). The van der Waals surface area contributed by atoms with Gasteiger partial charge in [0.1, 0.15) is 0 Å². The minimum absolute atomic E-state index is 0.0161. The number of hydrogen-bond donors (Lipinski definition) is 1. The average molecular weight is 287 g/mol. The number of nitrogens with zero attached hydrogens (tertiary/aromatic N) is 2. The lowest BCUT2D eigenvalue weighted by atomic mass is 10.2. The lowest BCUT2D eigenvalue weighted by molar-refractivity contribution is -0.128. The summed E-state index contributed by atoms with van der Waals surface area (Å²) in [5.74, 6) is -0.0227. The van der Waals surface area contributed by atoms with Crippen molar-refractivity contribution in [2.24, 2.45) is 0 Å². The lowest BCUT2D eigenvalue weighted by Crippen LogP contribution is -2.50. The molecule has 5 heteroatoms. The van der Waals surface area contributed by atoms with E-state index in [1.807, 2.05) is 30.3 Å². The van der Waals surface area contributed by atoms with E-state index in [2.05, 4.69) is 16.8 Å². The van der Waals surface area contributed by atoms with Gasteiger partial charge in [-0.05, 0) is 11.6 Å². The first-order chi connectivity index (χ1) is 10.2. The highest BCUT2D eigenvalue weighted by Gasteiger charge is 2.20. The summed E-state index contributed by atoms with van der Waals surface area (Å²) >= 11 is 0. The highest BCUT2D eigenvalue weighted by Crippen LogP contribution is 2.02.